The van der Waals surface area contributed by atoms with Crippen molar-refractivity contribution in [2.45, 2.75) is 13.8 Å². The third-order valence-electron chi connectivity index (χ3n) is 12.1. The van der Waals surface area contributed by atoms with Crippen LogP contribution in [-0.2, 0) is 14.4 Å². The Labute approximate surface area is 499 Å². The van der Waals surface area contributed by atoms with Gasteiger partial charge in [-0.3, -0.25) is 14.4 Å². The number of hydrogen-bond acceptors (Lipinski definition) is 19. The predicted molar refractivity (Wildman–Crippen MR) is 327 cm³/mol. The molecule has 0 radical (unpaired) electrons. The lowest BCUT2D eigenvalue weighted by molar-refractivity contribution is -0.118. The Morgan fingerprint density at radius 2 is 1.19 bits per heavy atom. The van der Waals surface area contributed by atoms with Gasteiger partial charge >= 0.3 is 0 Å². The van der Waals surface area contributed by atoms with Gasteiger partial charge < -0.3 is 90.3 Å². The standard InChI is InChI=1S/C18H19N3O2.C10H12ClNO3.C8H8ClNO3.C8H7NO3.C8H9NO2.C8H11NO2/c1-3-21(4-2)12-5-6-13-17(9-12)23-18-10-14-16(11-15(18)20-13)22-8-7-19-14;1-14-7-3-4-9(15-2)8(5-7)12-10(13)6-11;9-4-8(13)10-6-3-5(11)1-2-7(6)12;10-5-1-2-7-6(3-5)9-8(11)4-12-7;10-6-1-2-8-7(5-6)9-3-4-11-8;1-10-6-3-4-8(11-2)7(9)5-6/h5-6,9-11H,3-4,7-8H2,1-2H3;3-5H,6H2,1-2H3,(H,12,13);1-3,11-12H,4H2,(H,10,13);1-3,10H,4H2,(H,9,11);1-2,5,9-10H,3-4H2;3-5H,9H2,1-2H3/p+1. The first-order valence-corrected chi connectivity index (χ1v) is 27.3. The molecule has 0 aromatic heterocycles. The monoisotopic (exact) mass is 1210 g/mol. The number of anilines is 6. The SMILES string of the molecule is CC[N+](CC)=c1ccc2nc3cc4c(cc3oc-2c1)NCCO4.COc1ccc(OC)c(N)c1.COc1ccc(OC)c(NC(=O)CCl)c1.O=C(CCl)Nc1cc(O)ccc1O.O=C1COc2ccc(O)cc2N1.Oc1ccc2c(c1)NCCO2. The molecule has 4 heterocycles. The molecule has 6 aromatic carbocycles. The Kier molecular flexibility index (Phi) is 24.3. The van der Waals surface area contributed by atoms with Crippen LogP contribution in [0.25, 0.3) is 22.6 Å². The lowest BCUT2D eigenvalue weighted by Gasteiger charge is -2.19. The molecule has 0 unspecified atom stereocenters. The van der Waals surface area contributed by atoms with Gasteiger partial charge in [-0.2, -0.15) is 0 Å². The number of halogens is 2. The first-order valence-electron chi connectivity index (χ1n) is 26.2. The molecule has 4 aliphatic heterocycles. The summed E-state index contributed by atoms with van der Waals surface area (Å²) in [6, 6.07) is 34.0. The summed E-state index contributed by atoms with van der Waals surface area (Å²) >= 11 is 10.6. The zero-order chi connectivity index (χ0) is 61.4. The van der Waals surface area contributed by atoms with Gasteiger partial charge in [0.05, 0.1) is 68.6 Å². The van der Waals surface area contributed by atoms with E-state index in [0.29, 0.717) is 53.3 Å². The first kappa shape index (κ1) is 64.3. The predicted octanol–water partition coefficient (Wildman–Crippen LogP) is 8.91. The highest BCUT2D eigenvalue weighted by atomic mass is 35.5. The Morgan fingerprint density at radius 1 is 0.624 bits per heavy atom. The molecule has 0 bridgehead atoms. The van der Waals surface area contributed by atoms with Crippen LogP contribution in [0.15, 0.2) is 126 Å². The van der Waals surface area contributed by atoms with E-state index < -0.39 is 5.91 Å². The molecule has 0 saturated carbocycles. The number of aromatic nitrogens is 1. The highest BCUT2D eigenvalue weighted by Gasteiger charge is 2.18. The fraction of sp³-hybridized carbons (Fsp3) is 0.250. The minimum absolute atomic E-state index is 0.0392. The lowest BCUT2D eigenvalue weighted by atomic mass is 10.2. The van der Waals surface area contributed by atoms with Gasteiger partial charge in [-0.15, -0.1) is 23.2 Å². The van der Waals surface area contributed by atoms with Gasteiger partial charge in [0.25, 0.3) is 5.91 Å². The number of nitrogen functional groups attached to an aromatic ring is 1. The van der Waals surface area contributed by atoms with Gasteiger partial charge in [0.15, 0.2) is 18.0 Å². The number of phenolic OH excluding ortho intramolecular Hbond substituents is 4. The van der Waals surface area contributed by atoms with E-state index in [0.717, 1.165) is 82.7 Å². The third-order valence-corrected chi connectivity index (χ3v) is 12.6. The Morgan fingerprint density at radius 3 is 1.80 bits per heavy atom. The van der Waals surface area contributed by atoms with E-state index in [9.17, 15) is 19.5 Å². The second-order valence-electron chi connectivity index (χ2n) is 17.8. The quantitative estimate of drug-likeness (QED) is 0.0153. The van der Waals surface area contributed by atoms with Crippen molar-refractivity contribution in [2.24, 2.45) is 0 Å². The molecule has 11 N–H and O–H groups in total. The van der Waals surface area contributed by atoms with Crippen LogP contribution in [0.4, 0.5) is 34.1 Å². The number of aromatic hydroxyl groups is 4. The van der Waals surface area contributed by atoms with Crippen molar-refractivity contribution in [2.75, 3.05) is 119 Å². The summed E-state index contributed by atoms with van der Waals surface area (Å²) in [4.78, 5) is 37.5. The van der Waals surface area contributed by atoms with Crippen molar-refractivity contribution in [1.82, 2.24) is 9.56 Å². The number of hydrogen-bond donors (Lipinski definition) is 10. The second-order valence-corrected chi connectivity index (χ2v) is 18.4. The summed E-state index contributed by atoms with van der Waals surface area (Å²) in [5, 5.41) is 51.5. The van der Waals surface area contributed by atoms with E-state index in [1.165, 1.54) is 37.4 Å². The number of carbonyl (C=O) groups excluding carboxylic acids is 3. The van der Waals surface area contributed by atoms with Crippen molar-refractivity contribution in [3.63, 3.8) is 0 Å². The molecule has 1 aliphatic carbocycles. The van der Waals surface area contributed by atoms with Gasteiger partial charge in [0.2, 0.25) is 17.2 Å². The Bertz CT molecular complexity index is 3600. The highest BCUT2D eigenvalue weighted by Crippen LogP contribution is 2.35. The van der Waals surface area contributed by atoms with Crippen molar-refractivity contribution >= 4 is 86.1 Å². The molecule has 23 nitrogen and oxygen atoms in total. The van der Waals surface area contributed by atoms with Gasteiger partial charge in [-0.05, 0) is 80.6 Å². The number of alkyl halides is 2. The van der Waals surface area contributed by atoms with Crippen LogP contribution in [0.3, 0.4) is 0 Å². The van der Waals surface area contributed by atoms with E-state index in [1.54, 1.807) is 82.0 Å². The smallest absolute Gasteiger partial charge is 0.262 e. The molecular weight excluding hydrogens is 1140 g/mol. The normalized spacial score (nSPS) is 11.9. The van der Waals surface area contributed by atoms with E-state index >= 15 is 0 Å². The van der Waals surface area contributed by atoms with E-state index in [4.69, 9.17) is 86.8 Å². The minimum atomic E-state index is -0.442. The van der Waals surface area contributed by atoms with Crippen LogP contribution in [0.5, 0.6) is 63.2 Å². The van der Waals surface area contributed by atoms with Crippen molar-refractivity contribution in [3.05, 3.63) is 127 Å². The number of nitrogens with one attached hydrogen (secondary N) is 5. The van der Waals surface area contributed by atoms with Crippen LogP contribution in [0, 0.1) is 0 Å². The summed E-state index contributed by atoms with van der Waals surface area (Å²) in [7, 11) is 6.26. The number of nitrogens with two attached hydrogens (primary N) is 1. The molecule has 0 fully saturated rings. The summed E-state index contributed by atoms with van der Waals surface area (Å²) < 4.78 is 44.5. The van der Waals surface area contributed by atoms with Gasteiger partial charge in [0.1, 0.15) is 113 Å². The number of nitrogens with zero attached hydrogens (tertiary/aromatic N) is 2. The number of rotatable bonds is 10. The largest absolute Gasteiger partial charge is 0.508 e. The topological polar surface area (TPSA) is 312 Å². The molecule has 25 heteroatoms. The van der Waals surface area contributed by atoms with E-state index in [2.05, 4.69) is 57.1 Å². The van der Waals surface area contributed by atoms with Crippen molar-refractivity contribution in [3.8, 4) is 74.7 Å². The molecule has 5 aliphatic rings. The number of benzene rings is 7. The van der Waals surface area contributed by atoms with Crippen LogP contribution in [0.2, 0.25) is 0 Å². The third kappa shape index (κ3) is 18.8. The second kappa shape index (κ2) is 32.1. The highest BCUT2D eigenvalue weighted by molar-refractivity contribution is 6.29. The fourth-order valence-corrected chi connectivity index (χ4v) is 8.11. The summed E-state index contributed by atoms with van der Waals surface area (Å²) in [5.74, 6) is 4.66. The number of carbonyl (C=O) groups is 3. The van der Waals surface area contributed by atoms with Gasteiger partial charge in [-0.25, -0.2) is 9.56 Å². The average Bonchev–Trinajstić information content (AvgIpc) is 2.02. The lowest BCUT2D eigenvalue weighted by Crippen LogP contribution is -2.29. The maximum absolute atomic E-state index is 11.1. The van der Waals surface area contributed by atoms with Crippen LogP contribution < -0.4 is 75.4 Å². The molecule has 450 valence electrons. The molecule has 85 heavy (non-hydrogen) atoms. The van der Waals surface area contributed by atoms with Gasteiger partial charge in [0, 0.05) is 61.6 Å². The Balaban J connectivity index is 0.000000168. The van der Waals surface area contributed by atoms with E-state index in [1.807, 2.05) is 18.2 Å². The molecule has 0 saturated heterocycles. The van der Waals surface area contributed by atoms with Crippen molar-refractivity contribution < 1.29 is 72.4 Å². The molecule has 6 aromatic rings. The van der Waals surface area contributed by atoms with Gasteiger partial charge in [-0.1, -0.05) is 0 Å². The number of amides is 3. The zero-order valence-electron chi connectivity index (χ0n) is 47.4. The fourth-order valence-electron chi connectivity index (χ4n) is 7.98. The van der Waals surface area contributed by atoms with Crippen LogP contribution in [0.1, 0.15) is 13.8 Å². The van der Waals surface area contributed by atoms with E-state index in [-0.39, 0.29) is 58.9 Å². The number of ether oxygens (including phenoxy) is 7. The molecule has 0 atom stereocenters. The first-order chi connectivity index (χ1) is 41.0. The molecule has 0 spiro atoms. The molecule has 11 rings (SSSR count). The minimum Gasteiger partial charge on any atom is -0.508 e. The van der Waals surface area contributed by atoms with Crippen LogP contribution >= 0.6 is 23.2 Å². The average molecular weight is 1210 g/mol. The number of phenols is 4. The maximum atomic E-state index is 11.1. The zero-order valence-corrected chi connectivity index (χ0v) is 48.9. The number of fused-ring (bicyclic) bond motifs is 5. The number of methoxy groups -OCH3 is 4. The summed E-state index contributed by atoms with van der Waals surface area (Å²) in [6.07, 6.45) is 0. The van der Waals surface area contributed by atoms with Crippen molar-refractivity contribution in [1.29, 1.82) is 0 Å². The summed E-state index contributed by atoms with van der Waals surface area (Å²) in [6.45, 7) is 9.27. The summed E-state index contributed by atoms with van der Waals surface area (Å²) in [5.41, 5.74) is 11.7. The Hall–Kier alpha value is -9.87. The molecule has 3 amide bonds. The van der Waals surface area contributed by atoms with Crippen LogP contribution in [-0.4, -0.2) is 129 Å². The molecular formula is C60H67Cl2N8O15+. The maximum Gasteiger partial charge on any atom is 0.262 e.